The van der Waals surface area contributed by atoms with Crippen LogP contribution in [0.3, 0.4) is 0 Å². The first-order valence-corrected chi connectivity index (χ1v) is 6.49. The molecule has 0 aliphatic heterocycles. The predicted molar refractivity (Wildman–Crippen MR) is 81.6 cm³/mol. The van der Waals surface area contributed by atoms with Crippen LogP contribution in [0.4, 0.5) is 5.69 Å². The molecule has 0 amide bonds. The molecule has 0 bridgehead atoms. The van der Waals surface area contributed by atoms with E-state index in [2.05, 4.69) is 0 Å². The maximum atomic E-state index is 11.7. The number of nitro groups is 1. The van der Waals surface area contributed by atoms with Crippen molar-refractivity contribution < 1.29 is 19.2 Å². The minimum absolute atomic E-state index is 0.0698. The second-order valence-corrected chi connectivity index (χ2v) is 4.61. The van der Waals surface area contributed by atoms with Crippen molar-refractivity contribution in [3.63, 3.8) is 0 Å². The van der Waals surface area contributed by atoms with Gasteiger partial charge >= 0.3 is 0 Å². The van der Waals surface area contributed by atoms with Gasteiger partial charge in [0.15, 0.2) is 5.78 Å². The van der Waals surface area contributed by atoms with E-state index in [0.717, 1.165) is 5.56 Å². The fourth-order valence-electron chi connectivity index (χ4n) is 2.18. The van der Waals surface area contributed by atoms with Gasteiger partial charge in [0, 0.05) is 17.7 Å². The quantitative estimate of drug-likeness (QED) is 0.480. The lowest BCUT2D eigenvalue weighted by Crippen LogP contribution is -2.00. The molecule has 0 N–H and O–H groups in total. The maximum absolute atomic E-state index is 11.7. The van der Waals surface area contributed by atoms with E-state index >= 15 is 0 Å². The summed E-state index contributed by atoms with van der Waals surface area (Å²) in [6.45, 7) is 1.30. The monoisotopic (exact) mass is 301 g/mol. The summed E-state index contributed by atoms with van der Waals surface area (Å²) in [5.74, 6) is 0.832. The summed E-state index contributed by atoms with van der Waals surface area (Å²) in [6, 6.07) is 9.68. The molecule has 0 aliphatic carbocycles. The highest BCUT2D eigenvalue weighted by atomic mass is 16.6. The first kappa shape index (κ1) is 15.5. The Morgan fingerprint density at radius 3 is 2.36 bits per heavy atom. The Kier molecular flexibility index (Phi) is 4.41. The topological polar surface area (TPSA) is 78.7 Å². The minimum atomic E-state index is -0.564. The summed E-state index contributed by atoms with van der Waals surface area (Å²) < 4.78 is 10.5. The number of carbonyl (C=O) groups excluding carboxylic acids is 1. The third-order valence-electron chi connectivity index (χ3n) is 3.29. The van der Waals surface area contributed by atoms with Gasteiger partial charge in [-0.05, 0) is 36.8 Å². The van der Waals surface area contributed by atoms with Gasteiger partial charge in [0.25, 0.3) is 5.69 Å². The fourth-order valence-corrected chi connectivity index (χ4v) is 2.18. The molecular weight excluding hydrogens is 286 g/mol. The Labute approximate surface area is 127 Å². The number of nitro benzene ring substituents is 1. The molecule has 22 heavy (non-hydrogen) atoms. The highest BCUT2D eigenvalue weighted by Gasteiger charge is 2.19. The normalized spacial score (nSPS) is 10.1. The molecule has 0 fully saturated rings. The lowest BCUT2D eigenvalue weighted by Gasteiger charge is -2.11. The van der Waals surface area contributed by atoms with Gasteiger partial charge in [0.05, 0.1) is 24.7 Å². The minimum Gasteiger partial charge on any atom is -0.497 e. The number of Topliss-reactive ketones (excluding diaryl/α,β-unsaturated/α-hetero) is 1. The van der Waals surface area contributed by atoms with Gasteiger partial charge < -0.3 is 9.47 Å². The van der Waals surface area contributed by atoms with Crippen molar-refractivity contribution in [3.05, 3.63) is 52.1 Å². The second-order valence-electron chi connectivity index (χ2n) is 4.61. The lowest BCUT2D eigenvalue weighted by atomic mass is 9.99. The zero-order chi connectivity index (χ0) is 16.3. The molecule has 0 saturated heterocycles. The summed E-state index contributed by atoms with van der Waals surface area (Å²) in [5.41, 5.74) is 1.25. The Hall–Kier alpha value is -2.89. The van der Waals surface area contributed by atoms with E-state index in [-0.39, 0.29) is 17.0 Å². The molecule has 6 heteroatoms. The standard InChI is InChI=1S/C16H15NO5/c1-10(18)14-8-11(4-7-15(14)17(19)20)13-6-5-12(21-2)9-16(13)22-3/h4-9H,1-3H3. The van der Waals surface area contributed by atoms with Crippen LogP contribution in [-0.4, -0.2) is 24.9 Å². The van der Waals surface area contributed by atoms with Crippen molar-refractivity contribution in [2.45, 2.75) is 6.92 Å². The molecule has 114 valence electrons. The van der Waals surface area contributed by atoms with Gasteiger partial charge in [0.1, 0.15) is 11.5 Å². The van der Waals surface area contributed by atoms with E-state index in [1.54, 1.807) is 31.4 Å². The van der Waals surface area contributed by atoms with Gasteiger partial charge in [0.2, 0.25) is 0 Å². The largest absolute Gasteiger partial charge is 0.497 e. The average Bonchev–Trinajstić information content (AvgIpc) is 2.53. The SMILES string of the molecule is COc1ccc(-c2ccc([N+](=O)[O-])c(C(C)=O)c2)c(OC)c1. The van der Waals surface area contributed by atoms with Crippen LogP contribution in [0, 0.1) is 10.1 Å². The number of benzene rings is 2. The number of rotatable bonds is 5. The third-order valence-corrected chi connectivity index (χ3v) is 3.29. The first-order valence-electron chi connectivity index (χ1n) is 6.49. The highest BCUT2D eigenvalue weighted by molar-refractivity contribution is 5.99. The molecule has 0 aromatic heterocycles. The van der Waals surface area contributed by atoms with E-state index in [1.165, 1.54) is 26.2 Å². The van der Waals surface area contributed by atoms with Gasteiger partial charge in [-0.1, -0.05) is 0 Å². The molecule has 0 aliphatic rings. The van der Waals surface area contributed by atoms with Crippen LogP contribution in [0.5, 0.6) is 11.5 Å². The van der Waals surface area contributed by atoms with Crippen molar-refractivity contribution in [2.24, 2.45) is 0 Å². The van der Waals surface area contributed by atoms with Crippen LogP contribution in [0.25, 0.3) is 11.1 Å². The van der Waals surface area contributed by atoms with Crippen LogP contribution < -0.4 is 9.47 Å². The maximum Gasteiger partial charge on any atom is 0.280 e. The summed E-state index contributed by atoms with van der Waals surface area (Å²) in [5, 5.41) is 11.0. The van der Waals surface area contributed by atoms with Crippen molar-refractivity contribution >= 4 is 11.5 Å². The van der Waals surface area contributed by atoms with E-state index in [9.17, 15) is 14.9 Å². The predicted octanol–water partition coefficient (Wildman–Crippen LogP) is 3.48. The second kappa shape index (κ2) is 6.26. The van der Waals surface area contributed by atoms with Crippen LogP contribution in [-0.2, 0) is 0 Å². The van der Waals surface area contributed by atoms with Crippen molar-refractivity contribution in [1.82, 2.24) is 0 Å². The van der Waals surface area contributed by atoms with Gasteiger partial charge in [-0.25, -0.2) is 0 Å². The molecule has 2 aromatic carbocycles. The fraction of sp³-hybridized carbons (Fsp3) is 0.188. The van der Waals surface area contributed by atoms with Crippen LogP contribution in [0.2, 0.25) is 0 Å². The van der Waals surface area contributed by atoms with Crippen LogP contribution >= 0.6 is 0 Å². The number of ether oxygens (including phenoxy) is 2. The van der Waals surface area contributed by atoms with E-state index in [0.29, 0.717) is 17.1 Å². The summed E-state index contributed by atoms with van der Waals surface area (Å²) in [7, 11) is 3.07. The van der Waals surface area contributed by atoms with E-state index < -0.39 is 4.92 Å². The van der Waals surface area contributed by atoms with E-state index in [4.69, 9.17) is 9.47 Å². The number of hydrogen-bond acceptors (Lipinski definition) is 5. The van der Waals surface area contributed by atoms with Crippen molar-refractivity contribution in [1.29, 1.82) is 0 Å². The van der Waals surface area contributed by atoms with Crippen molar-refractivity contribution in [3.8, 4) is 22.6 Å². The van der Waals surface area contributed by atoms with Gasteiger partial charge in [-0.15, -0.1) is 0 Å². The highest BCUT2D eigenvalue weighted by Crippen LogP contribution is 2.35. The van der Waals surface area contributed by atoms with Crippen molar-refractivity contribution in [2.75, 3.05) is 14.2 Å². The summed E-state index contributed by atoms with van der Waals surface area (Å²) in [4.78, 5) is 22.1. The number of nitrogens with zero attached hydrogens (tertiary/aromatic N) is 1. The van der Waals surface area contributed by atoms with Crippen LogP contribution in [0.1, 0.15) is 17.3 Å². The number of carbonyl (C=O) groups is 1. The zero-order valence-electron chi connectivity index (χ0n) is 12.5. The molecule has 0 saturated carbocycles. The molecular formula is C16H15NO5. The average molecular weight is 301 g/mol. The Morgan fingerprint density at radius 2 is 1.82 bits per heavy atom. The van der Waals surface area contributed by atoms with E-state index in [1.807, 2.05) is 0 Å². The molecule has 0 atom stereocenters. The number of ketones is 1. The Bertz CT molecular complexity index is 739. The van der Waals surface area contributed by atoms with Crippen LogP contribution in [0.15, 0.2) is 36.4 Å². The molecule has 2 rings (SSSR count). The molecule has 0 unspecified atom stereocenters. The summed E-state index contributed by atoms with van der Waals surface area (Å²) >= 11 is 0. The summed E-state index contributed by atoms with van der Waals surface area (Å²) in [6.07, 6.45) is 0. The zero-order valence-corrected chi connectivity index (χ0v) is 12.5. The smallest absolute Gasteiger partial charge is 0.280 e. The number of methoxy groups -OCH3 is 2. The molecule has 0 heterocycles. The molecule has 0 radical (unpaired) electrons. The first-order chi connectivity index (χ1) is 10.5. The van der Waals surface area contributed by atoms with Gasteiger partial charge in [-0.3, -0.25) is 14.9 Å². The molecule has 6 nitrogen and oxygen atoms in total. The Balaban J connectivity index is 2.61. The third kappa shape index (κ3) is 2.90. The number of hydrogen-bond donors (Lipinski definition) is 0. The molecule has 2 aromatic rings. The Morgan fingerprint density at radius 1 is 1.09 bits per heavy atom. The lowest BCUT2D eigenvalue weighted by molar-refractivity contribution is -0.385. The molecule has 0 spiro atoms. The van der Waals surface area contributed by atoms with Gasteiger partial charge in [-0.2, -0.15) is 0 Å².